The third-order valence-corrected chi connectivity index (χ3v) is 3.11. The molecule has 18 heavy (non-hydrogen) atoms. The highest BCUT2D eigenvalue weighted by Gasteiger charge is 2.09. The van der Waals surface area contributed by atoms with Crippen molar-refractivity contribution in [1.29, 1.82) is 0 Å². The van der Waals surface area contributed by atoms with Crippen LogP contribution in [-0.4, -0.2) is 37.0 Å². The number of carbonyl (C=O) groups is 1. The fourth-order valence-corrected chi connectivity index (χ4v) is 1.93. The van der Waals surface area contributed by atoms with E-state index in [9.17, 15) is 4.79 Å². The number of anilines is 2. The van der Waals surface area contributed by atoms with Crippen molar-refractivity contribution < 1.29 is 4.79 Å². The molecule has 0 radical (unpaired) electrons. The first kappa shape index (κ1) is 14.4. The van der Waals surface area contributed by atoms with Crippen molar-refractivity contribution in [3.63, 3.8) is 0 Å². The van der Waals surface area contributed by atoms with Crippen LogP contribution >= 0.6 is 0 Å². The third kappa shape index (κ3) is 3.95. The topological polar surface area (TPSA) is 49.6 Å². The van der Waals surface area contributed by atoms with Gasteiger partial charge in [0.1, 0.15) is 0 Å². The smallest absolute Gasteiger partial charge is 0.219 e. The quantitative estimate of drug-likeness (QED) is 0.784. The molecule has 1 aromatic carbocycles. The van der Waals surface area contributed by atoms with Gasteiger partial charge in [0.05, 0.1) is 0 Å². The lowest BCUT2D eigenvalue weighted by atomic mass is 10.2. The molecule has 0 saturated carbocycles. The summed E-state index contributed by atoms with van der Waals surface area (Å²) in [6, 6.07) is 7.84. The number of nitrogens with zero attached hydrogens (tertiary/aromatic N) is 2. The van der Waals surface area contributed by atoms with Crippen molar-refractivity contribution in [2.45, 2.75) is 20.8 Å². The standard InChI is InChI=1S/C14H23N3O/c1-4-16(12(3)18)10-11-17(5-2)14-8-6-13(15)7-9-14/h6-9H,4-5,10-11,15H2,1-3H3. The molecule has 0 aliphatic carbocycles. The van der Waals surface area contributed by atoms with Gasteiger partial charge >= 0.3 is 0 Å². The lowest BCUT2D eigenvalue weighted by molar-refractivity contribution is -0.128. The Kier molecular flexibility index (Phi) is 5.49. The van der Waals surface area contributed by atoms with Gasteiger partial charge in [-0.05, 0) is 38.1 Å². The fraction of sp³-hybridized carbons (Fsp3) is 0.500. The Morgan fingerprint density at radius 2 is 1.72 bits per heavy atom. The number of carbonyl (C=O) groups excluding carboxylic acids is 1. The molecule has 0 atom stereocenters. The molecule has 4 heteroatoms. The third-order valence-electron chi connectivity index (χ3n) is 3.11. The Morgan fingerprint density at radius 3 is 2.17 bits per heavy atom. The minimum Gasteiger partial charge on any atom is -0.399 e. The molecule has 1 rings (SSSR count). The SMILES string of the molecule is CCN(CCN(CC)c1ccc(N)cc1)C(C)=O. The molecule has 0 aromatic heterocycles. The van der Waals surface area contributed by atoms with Crippen LogP contribution in [0.2, 0.25) is 0 Å². The van der Waals surface area contributed by atoms with Crippen LogP contribution in [0.5, 0.6) is 0 Å². The maximum absolute atomic E-state index is 11.3. The van der Waals surface area contributed by atoms with E-state index < -0.39 is 0 Å². The van der Waals surface area contributed by atoms with Gasteiger partial charge in [-0.3, -0.25) is 4.79 Å². The summed E-state index contributed by atoms with van der Waals surface area (Å²) in [7, 11) is 0. The van der Waals surface area contributed by atoms with Gasteiger partial charge in [-0.2, -0.15) is 0 Å². The van der Waals surface area contributed by atoms with E-state index in [0.29, 0.717) is 0 Å². The van der Waals surface area contributed by atoms with Crippen LogP contribution in [0.15, 0.2) is 24.3 Å². The number of nitrogen functional groups attached to an aromatic ring is 1. The van der Waals surface area contributed by atoms with Crippen molar-refractivity contribution in [3.05, 3.63) is 24.3 Å². The highest BCUT2D eigenvalue weighted by molar-refractivity contribution is 5.73. The lowest BCUT2D eigenvalue weighted by Gasteiger charge is -2.27. The number of hydrogen-bond donors (Lipinski definition) is 1. The second-order valence-electron chi connectivity index (χ2n) is 4.27. The van der Waals surface area contributed by atoms with E-state index in [1.165, 1.54) is 0 Å². The summed E-state index contributed by atoms with van der Waals surface area (Å²) in [4.78, 5) is 15.4. The van der Waals surface area contributed by atoms with Crippen molar-refractivity contribution in [1.82, 2.24) is 4.90 Å². The molecule has 0 heterocycles. The van der Waals surface area contributed by atoms with E-state index in [4.69, 9.17) is 5.73 Å². The first-order valence-corrected chi connectivity index (χ1v) is 6.44. The van der Waals surface area contributed by atoms with E-state index in [0.717, 1.165) is 37.6 Å². The van der Waals surface area contributed by atoms with Crippen LogP contribution < -0.4 is 10.6 Å². The summed E-state index contributed by atoms with van der Waals surface area (Å²) in [5, 5.41) is 0. The highest BCUT2D eigenvalue weighted by Crippen LogP contribution is 2.15. The molecule has 0 fully saturated rings. The zero-order chi connectivity index (χ0) is 13.5. The van der Waals surface area contributed by atoms with Crippen LogP contribution in [-0.2, 0) is 4.79 Å². The molecule has 0 bridgehead atoms. The Balaban J connectivity index is 2.62. The summed E-state index contributed by atoms with van der Waals surface area (Å²) in [6.07, 6.45) is 0. The average molecular weight is 249 g/mol. The molecule has 0 unspecified atom stereocenters. The monoisotopic (exact) mass is 249 g/mol. The van der Waals surface area contributed by atoms with E-state index in [1.54, 1.807) is 6.92 Å². The van der Waals surface area contributed by atoms with Gasteiger partial charge in [0.15, 0.2) is 0 Å². The van der Waals surface area contributed by atoms with Crippen molar-refractivity contribution in [2.75, 3.05) is 36.8 Å². The zero-order valence-corrected chi connectivity index (χ0v) is 11.5. The Labute approximate surface area is 109 Å². The van der Waals surface area contributed by atoms with Crippen molar-refractivity contribution in [3.8, 4) is 0 Å². The van der Waals surface area contributed by atoms with Gasteiger partial charge in [-0.1, -0.05) is 0 Å². The second kappa shape index (κ2) is 6.89. The largest absolute Gasteiger partial charge is 0.399 e. The van der Waals surface area contributed by atoms with Gasteiger partial charge in [0.2, 0.25) is 5.91 Å². The predicted octanol–water partition coefficient (Wildman–Crippen LogP) is 1.96. The number of nitrogens with two attached hydrogens (primary N) is 1. The van der Waals surface area contributed by atoms with E-state index >= 15 is 0 Å². The van der Waals surface area contributed by atoms with E-state index in [1.807, 2.05) is 36.1 Å². The summed E-state index contributed by atoms with van der Waals surface area (Å²) >= 11 is 0. The average Bonchev–Trinajstić information content (AvgIpc) is 2.36. The number of benzene rings is 1. The molecular weight excluding hydrogens is 226 g/mol. The number of likely N-dealkylation sites (N-methyl/N-ethyl adjacent to an activating group) is 2. The van der Waals surface area contributed by atoms with Gasteiger partial charge in [0, 0.05) is 44.5 Å². The highest BCUT2D eigenvalue weighted by atomic mass is 16.2. The normalized spacial score (nSPS) is 10.2. The summed E-state index contributed by atoms with van der Waals surface area (Å²) in [5.41, 5.74) is 7.60. The van der Waals surface area contributed by atoms with Gasteiger partial charge in [0.25, 0.3) is 0 Å². The molecule has 2 N–H and O–H groups in total. The second-order valence-corrected chi connectivity index (χ2v) is 4.27. The Morgan fingerprint density at radius 1 is 1.11 bits per heavy atom. The Bertz CT molecular complexity index is 375. The molecular formula is C14H23N3O. The maximum Gasteiger partial charge on any atom is 0.219 e. The van der Waals surface area contributed by atoms with Gasteiger partial charge in [-0.15, -0.1) is 0 Å². The number of rotatable bonds is 6. The molecule has 100 valence electrons. The summed E-state index contributed by atoms with van der Waals surface area (Å²) in [6.45, 7) is 9.00. The fourth-order valence-electron chi connectivity index (χ4n) is 1.93. The number of hydrogen-bond acceptors (Lipinski definition) is 3. The van der Waals surface area contributed by atoms with Crippen molar-refractivity contribution in [2.24, 2.45) is 0 Å². The lowest BCUT2D eigenvalue weighted by Crippen LogP contribution is -2.37. The van der Waals surface area contributed by atoms with Crippen molar-refractivity contribution >= 4 is 17.3 Å². The molecule has 1 amide bonds. The summed E-state index contributed by atoms with van der Waals surface area (Å²) in [5.74, 6) is 0.130. The minimum absolute atomic E-state index is 0.130. The first-order valence-electron chi connectivity index (χ1n) is 6.44. The Hall–Kier alpha value is -1.71. The number of amides is 1. The molecule has 0 aliphatic heterocycles. The van der Waals surface area contributed by atoms with Crippen LogP contribution in [0.1, 0.15) is 20.8 Å². The van der Waals surface area contributed by atoms with Crippen LogP contribution in [0, 0.1) is 0 Å². The molecule has 0 saturated heterocycles. The van der Waals surface area contributed by atoms with E-state index in [-0.39, 0.29) is 5.91 Å². The molecule has 4 nitrogen and oxygen atoms in total. The van der Waals surface area contributed by atoms with E-state index in [2.05, 4.69) is 11.8 Å². The maximum atomic E-state index is 11.3. The van der Waals surface area contributed by atoms with Gasteiger partial charge < -0.3 is 15.5 Å². The van der Waals surface area contributed by atoms with Crippen LogP contribution in [0.25, 0.3) is 0 Å². The van der Waals surface area contributed by atoms with Gasteiger partial charge in [-0.25, -0.2) is 0 Å². The molecule has 0 spiro atoms. The summed E-state index contributed by atoms with van der Waals surface area (Å²) < 4.78 is 0. The molecule has 0 aliphatic rings. The van der Waals surface area contributed by atoms with Crippen LogP contribution in [0.3, 0.4) is 0 Å². The molecule has 1 aromatic rings. The van der Waals surface area contributed by atoms with Crippen LogP contribution in [0.4, 0.5) is 11.4 Å². The first-order chi connectivity index (χ1) is 8.58. The predicted molar refractivity (Wildman–Crippen MR) is 76.7 cm³/mol. The minimum atomic E-state index is 0.130. The zero-order valence-electron chi connectivity index (χ0n) is 11.5.